The molecule has 1 aromatic carbocycles. The SMILES string of the molecule is Cc1nc(C)c(C(=O)N2C[C@H](CC(N)=O)[C@H](OC(=O)c3ccccc3)C2)s1. The molecule has 2 heterocycles. The lowest BCUT2D eigenvalue weighted by atomic mass is 10.0. The molecular weight excluding hydrogens is 366 g/mol. The summed E-state index contributed by atoms with van der Waals surface area (Å²) in [6.45, 7) is 4.18. The van der Waals surface area contributed by atoms with Gasteiger partial charge >= 0.3 is 5.97 Å². The van der Waals surface area contributed by atoms with Gasteiger partial charge in [-0.25, -0.2) is 9.78 Å². The fourth-order valence-corrected chi connectivity index (χ4v) is 4.14. The van der Waals surface area contributed by atoms with Crippen LogP contribution in [-0.4, -0.2) is 46.9 Å². The average Bonchev–Trinajstić information content (AvgIpc) is 3.17. The molecule has 8 heteroatoms. The van der Waals surface area contributed by atoms with Gasteiger partial charge in [-0.15, -0.1) is 11.3 Å². The maximum absolute atomic E-state index is 12.9. The fourth-order valence-electron chi connectivity index (χ4n) is 3.25. The Morgan fingerprint density at radius 3 is 2.52 bits per heavy atom. The van der Waals surface area contributed by atoms with Crippen LogP contribution >= 0.6 is 11.3 Å². The van der Waals surface area contributed by atoms with Gasteiger partial charge in [0.05, 0.1) is 22.8 Å². The molecule has 1 fully saturated rings. The minimum absolute atomic E-state index is 0.0528. The lowest BCUT2D eigenvalue weighted by Gasteiger charge is -2.17. The van der Waals surface area contributed by atoms with Gasteiger partial charge in [-0.05, 0) is 26.0 Å². The van der Waals surface area contributed by atoms with Gasteiger partial charge in [0.15, 0.2) is 0 Å². The molecule has 0 bridgehead atoms. The van der Waals surface area contributed by atoms with Crippen LogP contribution in [0.3, 0.4) is 0 Å². The van der Waals surface area contributed by atoms with Gasteiger partial charge < -0.3 is 15.4 Å². The smallest absolute Gasteiger partial charge is 0.338 e. The first-order valence-corrected chi connectivity index (χ1v) is 9.44. The Bertz CT molecular complexity index is 865. The number of primary amides is 1. The Hall–Kier alpha value is -2.74. The zero-order chi connectivity index (χ0) is 19.6. The second-order valence-corrected chi connectivity index (χ2v) is 7.80. The number of aryl methyl sites for hydroxylation is 2. The Kier molecular flexibility index (Phi) is 5.55. The largest absolute Gasteiger partial charge is 0.457 e. The number of amides is 2. The van der Waals surface area contributed by atoms with E-state index in [-0.39, 0.29) is 24.8 Å². The van der Waals surface area contributed by atoms with Crippen molar-refractivity contribution in [1.82, 2.24) is 9.88 Å². The monoisotopic (exact) mass is 387 g/mol. The molecule has 1 aliphatic rings. The zero-order valence-corrected chi connectivity index (χ0v) is 16.0. The molecule has 3 rings (SSSR count). The Morgan fingerprint density at radius 1 is 1.22 bits per heavy atom. The number of carbonyl (C=O) groups excluding carboxylic acids is 3. The molecule has 0 radical (unpaired) electrons. The fraction of sp³-hybridized carbons (Fsp3) is 0.368. The number of hydrogen-bond acceptors (Lipinski definition) is 6. The maximum atomic E-state index is 12.9. The first-order valence-electron chi connectivity index (χ1n) is 8.62. The molecule has 0 spiro atoms. The number of carbonyl (C=O) groups is 3. The molecule has 0 unspecified atom stereocenters. The third kappa shape index (κ3) is 4.33. The van der Waals surface area contributed by atoms with Crippen LogP contribution in [0.5, 0.6) is 0 Å². The van der Waals surface area contributed by atoms with Crippen LogP contribution in [0, 0.1) is 19.8 Å². The summed E-state index contributed by atoms with van der Waals surface area (Å²) in [5.41, 5.74) is 6.45. The second kappa shape index (κ2) is 7.87. The molecule has 2 N–H and O–H groups in total. The van der Waals surface area contributed by atoms with E-state index in [9.17, 15) is 14.4 Å². The number of thiazole rings is 1. The summed E-state index contributed by atoms with van der Waals surface area (Å²) in [4.78, 5) is 43.1. The number of hydrogen-bond donors (Lipinski definition) is 1. The van der Waals surface area contributed by atoms with Crippen molar-refractivity contribution in [1.29, 1.82) is 0 Å². The number of nitrogens with zero attached hydrogens (tertiary/aromatic N) is 2. The standard InChI is InChI=1S/C19H21N3O4S/c1-11-17(27-12(2)21-11)18(24)22-9-14(8-16(20)23)15(10-22)26-19(25)13-6-4-3-5-7-13/h3-7,14-15H,8-10H2,1-2H3,(H2,20,23)/t14-,15+/m0/s1. The van der Waals surface area contributed by atoms with Crippen LogP contribution in [-0.2, 0) is 9.53 Å². The van der Waals surface area contributed by atoms with Crippen molar-refractivity contribution in [3.8, 4) is 0 Å². The predicted octanol–water partition coefficient (Wildman–Crippen LogP) is 1.93. The minimum atomic E-state index is -0.580. The van der Waals surface area contributed by atoms with E-state index in [1.165, 1.54) is 11.3 Å². The van der Waals surface area contributed by atoms with Gasteiger partial charge in [0.25, 0.3) is 5.91 Å². The molecule has 7 nitrogen and oxygen atoms in total. The highest BCUT2D eigenvalue weighted by Gasteiger charge is 2.39. The lowest BCUT2D eigenvalue weighted by Crippen LogP contribution is -2.31. The molecule has 2 amide bonds. The van der Waals surface area contributed by atoms with Crippen molar-refractivity contribution >= 4 is 29.1 Å². The summed E-state index contributed by atoms with van der Waals surface area (Å²) < 4.78 is 5.61. The second-order valence-electron chi connectivity index (χ2n) is 6.60. The van der Waals surface area contributed by atoms with E-state index >= 15 is 0 Å². The molecule has 142 valence electrons. The van der Waals surface area contributed by atoms with Gasteiger partial charge in [-0.3, -0.25) is 9.59 Å². The van der Waals surface area contributed by atoms with Crippen molar-refractivity contribution in [2.24, 2.45) is 11.7 Å². The number of aromatic nitrogens is 1. The molecule has 2 aromatic rings. The molecule has 0 aliphatic carbocycles. The van der Waals surface area contributed by atoms with E-state index < -0.39 is 18.0 Å². The number of likely N-dealkylation sites (tertiary alicyclic amines) is 1. The lowest BCUT2D eigenvalue weighted by molar-refractivity contribution is -0.119. The van der Waals surface area contributed by atoms with Gasteiger partial charge in [-0.1, -0.05) is 18.2 Å². The minimum Gasteiger partial charge on any atom is -0.457 e. The van der Waals surface area contributed by atoms with Gasteiger partial charge in [0.2, 0.25) is 5.91 Å². The zero-order valence-electron chi connectivity index (χ0n) is 15.2. The quantitative estimate of drug-likeness (QED) is 0.790. The maximum Gasteiger partial charge on any atom is 0.338 e. The van der Waals surface area contributed by atoms with Crippen LogP contribution in [0.2, 0.25) is 0 Å². The number of rotatable bonds is 5. The predicted molar refractivity (Wildman–Crippen MR) is 100 cm³/mol. The highest BCUT2D eigenvalue weighted by Crippen LogP contribution is 2.28. The number of nitrogens with two attached hydrogens (primary N) is 1. The highest BCUT2D eigenvalue weighted by atomic mass is 32.1. The Morgan fingerprint density at radius 2 is 1.93 bits per heavy atom. The van der Waals surface area contributed by atoms with Crippen molar-refractivity contribution < 1.29 is 19.1 Å². The third-order valence-corrected chi connectivity index (χ3v) is 5.56. The summed E-state index contributed by atoms with van der Waals surface area (Å²) in [6, 6.07) is 8.62. The molecule has 1 aliphatic heterocycles. The summed E-state index contributed by atoms with van der Waals surface area (Å²) >= 11 is 1.33. The van der Waals surface area contributed by atoms with Crippen molar-refractivity contribution in [3.63, 3.8) is 0 Å². The number of esters is 1. The first-order chi connectivity index (χ1) is 12.8. The van der Waals surface area contributed by atoms with Gasteiger partial charge in [0.1, 0.15) is 11.0 Å². The van der Waals surface area contributed by atoms with E-state index in [0.29, 0.717) is 22.7 Å². The topological polar surface area (TPSA) is 103 Å². The molecular formula is C19H21N3O4S. The third-order valence-electron chi connectivity index (χ3n) is 4.50. The number of ether oxygens (including phenoxy) is 1. The highest BCUT2D eigenvalue weighted by molar-refractivity contribution is 7.13. The molecule has 27 heavy (non-hydrogen) atoms. The van der Waals surface area contributed by atoms with E-state index in [1.807, 2.05) is 13.0 Å². The average molecular weight is 387 g/mol. The molecule has 0 saturated carbocycles. The van der Waals surface area contributed by atoms with E-state index in [4.69, 9.17) is 10.5 Å². The van der Waals surface area contributed by atoms with E-state index in [0.717, 1.165) is 5.01 Å². The Balaban J connectivity index is 1.76. The number of benzene rings is 1. The molecule has 2 atom stereocenters. The normalized spacial score (nSPS) is 19.1. The Labute approximate surface area is 161 Å². The summed E-state index contributed by atoms with van der Waals surface area (Å²) in [7, 11) is 0. The van der Waals surface area contributed by atoms with Crippen LogP contribution in [0.4, 0.5) is 0 Å². The van der Waals surface area contributed by atoms with Crippen molar-refractivity contribution in [3.05, 3.63) is 51.5 Å². The summed E-state index contributed by atoms with van der Waals surface area (Å²) in [5, 5.41) is 0.816. The van der Waals surface area contributed by atoms with E-state index in [1.54, 1.807) is 36.1 Å². The van der Waals surface area contributed by atoms with Crippen molar-refractivity contribution in [2.75, 3.05) is 13.1 Å². The van der Waals surface area contributed by atoms with Gasteiger partial charge in [-0.2, -0.15) is 0 Å². The molecule has 1 saturated heterocycles. The van der Waals surface area contributed by atoms with Crippen LogP contribution < -0.4 is 5.73 Å². The van der Waals surface area contributed by atoms with Gasteiger partial charge in [0, 0.05) is 18.9 Å². The molecule has 1 aromatic heterocycles. The van der Waals surface area contributed by atoms with E-state index in [2.05, 4.69) is 4.98 Å². The first kappa shape index (κ1) is 19.0. The summed E-state index contributed by atoms with van der Waals surface area (Å²) in [5.74, 6) is -1.45. The van der Waals surface area contributed by atoms with Crippen LogP contribution in [0.1, 0.15) is 37.2 Å². The van der Waals surface area contributed by atoms with Crippen LogP contribution in [0.15, 0.2) is 30.3 Å². The summed E-state index contributed by atoms with van der Waals surface area (Å²) in [6.07, 6.45) is -0.527. The van der Waals surface area contributed by atoms with Crippen LogP contribution in [0.25, 0.3) is 0 Å². The van der Waals surface area contributed by atoms with Crippen molar-refractivity contribution in [2.45, 2.75) is 26.4 Å².